The highest BCUT2D eigenvalue weighted by molar-refractivity contribution is 5.93. The van der Waals surface area contributed by atoms with E-state index >= 15 is 0 Å². The Balaban J connectivity index is 2.06. The molecule has 0 atom stereocenters. The first-order chi connectivity index (χ1) is 22.8. The van der Waals surface area contributed by atoms with Gasteiger partial charge >= 0.3 is 23.9 Å². The summed E-state index contributed by atoms with van der Waals surface area (Å²) in [5.41, 5.74) is 4.36. The third-order valence-corrected chi connectivity index (χ3v) is 6.74. The minimum Gasteiger partial charge on any atom is -0.419 e. The Hall–Kier alpha value is -5.58. The van der Waals surface area contributed by atoms with Gasteiger partial charge < -0.3 is 28.4 Å². The van der Waals surface area contributed by atoms with Gasteiger partial charge in [0, 0.05) is 25.4 Å². The molecule has 0 unspecified atom stereocenters. The lowest BCUT2D eigenvalue weighted by molar-refractivity contribution is -0.133. The predicted molar refractivity (Wildman–Crippen MR) is 181 cm³/mol. The molecule has 250 valence electrons. The number of methoxy groups -OCH3 is 2. The van der Waals surface area contributed by atoms with Crippen LogP contribution >= 0.6 is 0 Å². The van der Waals surface area contributed by atoms with E-state index in [1.807, 2.05) is 25.1 Å². The van der Waals surface area contributed by atoms with Crippen molar-refractivity contribution in [2.75, 3.05) is 27.4 Å². The van der Waals surface area contributed by atoms with Gasteiger partial charge in [0.15, 0.2) is 23.0 Å². The Kier molecular flexibility index (Phi) is 12.9. The van der Waals surface area contributed by atoms with E-state index in [1.165, 1.54) is 40.2 Å². The second-order valence-electron chi connectivity index (χ2n) is 10.7. The topological polar surface area (TPSA) is 124 Å². The fraction of sp³-hybridized carbons (Fsp3) is 0.211. The van der Waals surface area contributed by atoms with Gasteiger partial charge in [-0.25, -0.2) is 19.2 Å². The van der Waals surface area contributed by atoms with Crippen LogP contribution in [0.4, 0.5) is 0 Å². The highest BCUT2D eigenvalue weighted by Gasteiger charge is 2.20. The molecule has 0 saturated carbocycles. The second kappa shape index (κ2) is 16.8. The second-order valence-corrected chi connectivity index (χ2v) is 10.7. The van der Waals surface area contributed by atoms with Crippen LogP contribution in [0.3, 0.4) is 0 Å². The maximum absolute atomic E-state index is 12.7. The number of aryl methyl sites for hydroxylation is 1. The van der Waals surface area contributed by atoms with Crippen molar-refractivity contribution in [1.82, 2.24) is 0 Å². The van der Waals surface area contributed by atoms with Gasteiger partial charge in [-0.05, 0) is 72.4 Å². The Morgan fingerprint density at radius 2 is 0.938 bits per heavy atom. The fourth-order valence-electron chi connectivity index (χ4n) is 4.22. The summed E-state index contributed by atoms with van der Waals surface area (Å²) in [4.78, 5) is 49.9. The first-order valence-electron chi connectivity index (χ1n) is 14.7. The SMILES string of the molecule is C=C(C)C(=O)Oc1ccc(-c2ccc(-c3ccc(OC(=O)C(=C)C)c(OC(=O)C(=C)COC)c3)c(CC)c2)cc1OC(=O)C(=C)COC. The van der Waals surface area contributed by atoms with Crippen LogP contribution in [0.2, 0.25) is 0 Å². The Morgan fingerprint density at radius 1 is 0.542 bits per heavy atom. The van der Waals surface area contributed by atoms with E-state index in [0.717, 1.165) is 16.7 Å². The molecule has 0 aromatic heterocycles. The molecule has 0 aliphatic heterocycles. The quantitative estimate of drug-likeness (QED) is 0.0986. The van der Waals surface area contributed by atoms with E-state index in [0.29, 0.717) is 17.5 Å². The van der Waals surface area contributed by atoms with Gasteiger partial charge in [0.25, 0.3) is 0 Å². The molecule has 10 nitrogen and oxygen atoms in total. The molecule has 10 heteroatoms. The summed E-state index contributed by atoms with van der Waals surface area (Å²) in [5.74, 6) is -2.77. The zero-order valence-corrected chi connectivity index (χ0v) is 27.7. The van der Waals surface area contributed by atoms with Crippen LogP contribution in [0, 0.1) is 0 Å². The number of carbonyl (C=O) groups excluding carboxylic acids is 4. The molecule has 0 aliphatic rings. The van der Waals surface area contributed by atoms with Gasteiger partial charge in [0.05, 0.1) is 24.4 Å². The molecule has 48 heavy (non-hydrogen) atoms. The maximum atomic E-state index is 12.7. The molecule has 3 aromatic carbocycles. The number of esters is 4. The van der Waals surface area contributed by atoms with Gasteiger partial charge in [-0.15, -0.1) is 0 Å². The first-order valence-corrected chi connectivity index (χ1v) is 14.7. The van der Waals surface area contributed by atoms with Crippen LogP contribution in [0.1, 0.15) is 26.3 Å². The number of hydrogen-bond donors (Lipinski definition) is 0. The molecule has 0 radical (unpaired) electrons. The van der Waals surface area contributed by atoms with Crippen LogP contribution in [0.25, 0.3) is 22.3 Å². The normalized spacial score (nSPS) is 10.4. The van der Waals surface area contributed by atoms with Crippen molar-refractivity contribution in [3.8, 4) is 45.3 Å². The van der Waals surface area contributed by atoms with E-state index < -0.39 is 23.9 Å². The predicted octanol–water partition coefficient (Wildman–Crippen LogP) is 6.76. The summed E-state index contributed by atoms with van der Waals surface area (Å²) in [7, 11) is 2.85. The molecule has 0 bridgehead atoms. The monoisotopic (exact) mass is 654 g/mol. The van der Waals surface area contributed by atoms with Gasteiger partial charge in [0.2, 0.25) is 0 Å². The highest BCUT2D eigenvalue weighted by Crippen LogP contribution is 2.38. The van der Waals surface area contributed by atoms with Crippen molar-refractivity contribution >= 4 is 23.9 Å². The van der Waals surface area contributed by atoms with Gasteiger partial charge in [-0.3, -0.25) is 0 Å². The van der Waals surface area contributed by atoms with Crippen LogP contribution in [-0.2, 0) is 35.1 Å². The summed E-state index contributed by atoms with van der Waals surface area (Å²) >= 11 is 0. The Labute approximate surface area is 279 Å². The Morgan fingerprint density at radius 3 is 1.38 bits per heavy atom. The third-order valence-electron chi connectivity index (χ3n) is 6.74. The molecule has 0 N–H and O–H groups in total. The fourth-order valence-corrected chi connectivity index (χ4v) is 4.22. The number of benzene rings is 3. The summed E-state index contributed by atoms with van der Waals surface area (Å²) in [6, 6.07) is 15.4. The van der Waals surface area contributed by atoms with Crippen LogP contribution in [-0.4, -0.2) is 51.3 Å². The third kappa shape index (κ3) is 9.47. The number of ether oxygens (including phenoxy) is 6. The number of carbonyl (C=O) groups is 4. The Bertz CT molecular complexity index is 1800. The van der Waals surface area contributed by atoms with Crippen molar-refractivity contribution in [1.29, 1.82) is 0 Å². The lowest BCUT2D eigenvalue weighted by Gasteiger charge is -2.16. The number of hydrogen-bond acceptors (Lipinski definition) is 10. The smallest absolute Gasteiger partial charge is 0.341 e. The molecule has 3 rings (SSSR count). The van der Waals surface area contributed by atoms with E-state index in [2.05, 4.69) is 26.3 Å². The molecule has 0 aliphatic carbocycles. The van der Waals surface area contributed by atoms with Gasteiger partial charge in [0.1, 0.15) is 0 Å². The van der Waals surface area contributed by atoms with Crippen molar-refractivity contribution < 1.29 is 47.6 Å². The first kappa shape index (κ1) is 36.9. The molecule has 0 spiro atoms. The average Bonchev–Trinajstić information content (AvgIpc) is 3.05. The molecule has 0 saturated heterocycles. The van der Waals surface area contributed by atoms with Crippen molar-refractivity contribution in [3.63, 3.8) is 0 Å². The van der Waals surface area contributed by atoms with Gasteiger partial charge in [-0.2, -0.15) is 0 Å². The minimum atomic E-state index is -0.745. The maximum Gasteiger partial charge on any atom is 0.341 e. The summed E-state index contributed by atoms with van der Waals surface area (Å²) in [6.07, 6.45) is 0.613. The van der Waals surface area contributed by atoms with E-state index in [4.69, 9.17) is 28.4 Å². The molecule has 3 aromatic rings. The molecule has 0 heterocycles. The van der Waals surface area contributed by atoms with Crippen molar-refractivity contribution in [2.24, 2.45) is 0 Å². The van der Waals surface area contributed by atoms with E-state index in [1.54, 1.807) is 24.3 Å². The molecule has 0 fully saturated rings. The minimum absolute atomic E-state index is 0.00731. The van der Waals surface area contributed by atoms with Crippen LogP contribution in [0.5, 0.6) is 23.0 Å². The lowest BCUT2D eigenvalue weighted by Crippen LogP contribution is -2.16. The number of rotatable bonds is 15. The summed E-state index contributed by atoms with van der Waals surface area (Å²) in [6.45, 7) is 19.5. The van der Waals surface area contributed by atoms with Gasteiger partial charge in [-0.1, -0.05) is 63.6 Å². The molecular weight excluding hydrogens is 616 g/mol. The van der Waals surface area contributed by atoms with E-state index in [-0.39, 0.29) is 58.5 Å². The van der Waals surface area contributed by atoms with Crippen LogP contribution < -0.4 is 18.9 Å². The summed E-state index contributed by atoms with van der Waals surface area (Å²) in [5, 5.41) is 0. The van der Waals surface area contributed by atoms with E-state index in [9.17, 15) is 19.2 Å². The zero-order valence-electron chi connectivity index (χ0n) is 27.7. The van der Waals surface area contributed by atoms with Crippen LogP contribution in [0.15, 0.2) is 103 Å². The largest absolute Gasteiger partial charge is 0.419 e. The molecular formula is C38H38O10. The average molecular weight is 655 g/mol. The standard InChI is InChI=1S/C38H38O10/c1-10-26-17-27(28-12-15-31(45-35(39)22(2)3)33(18-28)47-37(41)24(6)20-43-8)11-14-30(26)29-13-16-32(46-36(40)23(4)5)34(19-29)48-38(42)25(7)21-44-9/h11-19H,2,4,6-7,10,20-21H2,1,3,5,8-9H3. The highest BCUT2D eigenvalue weighted by atomic mass is 16.6. The summed E-state index contributed by atoms with van der Waals surface area (Å²) < 4.78 is 31.9. The lowest BCUT2D eigenvalue weighted by atomic mass is 9.93. The van der Waals surface area contributed by atoms with Crippen molar-refractivity contribution in [3.05, 3.63) is 109 Å². The zero-order chi connectivity index (χ0) is 35.5. The van der Waals surface area contributed by atoms with Crippen molar-refractivity contribution in [2.45, 2.75) is 27.2 Å². The molecule has 0 amide bonds.